The number of hydrogen-bond acceptors (Lipinski definition) is 6. The van der Waals surface area contributed by atoms with Crippen molar-refractivity contribution < 1.29 is 23.9 Å². The number of rotatable bonds is 7. The van der Waals surface area contributed by atoms with E-state index in [9.17, 15) is 14.4 Å². The topological polar surface area (TPSA) is 72.9 Å². The van der Waals surface area contributed by atoms with Crippen LogP contribution in [0.2, 0.25) is 5.02 Å². The summed E-state index contributed by atoms with van der Waals surface area (Å²) in [6.07, 6.45) is 1.60. The molecule has 0 radical (unpaired) electrons. The van der Waals surface area contributed by atoms with Crippen LogP contribution in [0.25, 0.3) is 6.08 Å². The van der Waals surface area contributed by atoms with Crippen molar-refractivity contribution in [3.63, 3.8) is 0 Å². The molecule has 34 heavy (non-hydrogen) atoms. The molecule has 3 aromatic rings. The third-order valence-electron chi connectivity index (χ3n) is 4.90. The average molecular weight is 494 g/mol. The Balaban J connectivity index is 1.39. The van der Waals surface area contributed by atoms with Gasteiger partial charge in [0.1, 0.15) is 18.1 Å². The Kier molecular flexibility index (Phi) is 7.35. The van der Waals surface area contributed by atoms with Crippen LogP contribution in [0.5, 0.6) is 11.5 Å². The van der Waals surface area contributed by atoms with E-state index in [1.165, 1.54) is 6.07 Å². The first kappa shape index (κ1) is 23.6. The van der Waals surface area contributed by atoms with Gasteiger partial charge in [0.25, 0.3) is 11.1 Å². The quantitative estimate of drug-likeness (QED) is 0.229. The Hall–Kier alpha value is -3.55. The predicted molar refractivity (Wildman–Crippen MR) is 132 cm³/mol. The number of aryl methyl sites for hydroxylation is 1. The summed E-state index contributed by atoms with van der Waals surface area (Å²) in [4.78, 5) is 38.9. The lowest BCUT2D eigenvalue weighted by Gasteiger charge is -2.13. The number of ether oxygens (including phenoxy) is 2. The fraction of sp³-hybridized carbons (Fsp3) is 0.115. The van der Waals surface area contributed by atoms with Gasteiger partial charge in [-0.1, -0.05) is 47.5 Å². The van der Waals surface area contributed by atoms with Crippen molar-refractivity contribution in [2.45, 2.75) is 6.92 Å². The molecule has 0 spiro atoms. The Morgan fingerprint density at radius 2 is 1.76 bits per heavy atom. The van der Waals surface area contributed by atoms with Gasteiger partial charge < -0.3 is 9.47 Å². The Morgan fingerprint density at radius 1 is 1.00 bits per heavy atom. The maximum atomic E-state index is 12.7. The minimum Gasteiger partial charge on any atom is -0.492 e. The number of carbonyl (C=O) groups is 3. The second kappa shape index (κ2) is 10.6. The molecule has 0 atom stereocenters. The maximum absolute atomic E-state index is 12.7. The second-order valence-electron chi connectivity index (χ2n) is 7.47. The Labute approximate surface area is 206 Å². The van der Waals surface area contributed by atoms with Crippen LogP contribution in [-0.4, -0.2) is 35.2 Å². The highest BCUT2D eigenvalue weighted by atomic mass is 35.5. The molecule has 0 saturated carbocycles. The van der Waals surface area contributed by atoms with Gasteiger partial charge in [0, 0.05) is 5.02 Å². The molecule has 1 heterocycles. The number of halogens is 1. The smallest absolute Gasteiger partial charge is 0.343 e. The van der Waals surface area contributed by atoms with Gasteiger partial charge in [-0.3, -0.25) is 14.5 Å². The SMILES string of the molecule is Cc1ccc(OCCN2C(=O)S/C(=C\c3cccc(OC(=O)c4cccc(Cl)c4)c3)C2=O)cc1. The van der Waals surface area contributed by atoms with E-state index in [4.69, 9.17) is 21.1 Å². The van der Waals surface area contributed by atoms with Gasteiger partial charge in [0.05, 0.1) is 17.0 Å². The first-order valence-corrected chi connectivity index (χ1v) is 11.6. The van der Waals surface area contributed by atoms with E-state index >= 15 is 0 Å². The predicted octanol–water partition coefficient (Wildman–Crippen LogP) is 5.98. The molecular formula is C26H20ClNO5S. The lowest BCUT2D eigenvalue weighted by atomic mass is 10.2. The molecule has 0 N–H and O–H groups in total. The van der Waals surface area contributed by atoms with Gasteiger partial charge in [-0.2, -0.15) is 0 Å². The van der Waals surface area contributed by atoms with Crippen LogP contribution in [0.1, 0.15) is 21.5 Å². The summed E-state index contributed by atoms with van der Waals surface area (Å²) < 4.78 is 11.1. The van der Waals surface area contributed by atoms with Crippen LogP contribution in [0.3, 0.4) is 0 Å². The highest BCUT2D eigenvalue weighted by Crippen LogP contribution is 2.32. The molecule has 3 aromatic carbocycles. The number of carbonyl (C=O) groups excluding carboxylic acids is 3. The molecule has 1 aliphatic heterocycles. The molecule has 1 aliphatic rings. The average Bonchev–Trinajstić information content (AvgIpc) is 3.08. The Bertz CT molecular complexity index is 1270. The highest BCUT2D eigenvalue weighted by Gasteiger charge is 2.34. The number of nitrogens with zero attached hydrogens (tertiary/aromatic N) is 1. The molecule has 0 bridgehead atoms. The van der Waals surface area contributed by atoms with Gasteiger partial charge in [-0.15, -0.1) is 0 Å². The van der Waals surface area contributed by atoms with Crippen molar-refractivity contribution in [2.75, 3.05) is 13.2 Å². The van der Waals surface area contributed by atoms with Crippen LogP contribution in [0, 0.1) is 6.92 Å². The normalized spacial score (nSPS) is 14.5. The highest BCUT2D eigenvalue weighted by molar-refractivity contribution is 8.18. The summed E-state index contributed by atoms with van der Waals surface area (Å²) in [5, 5.41) is 0.0792. The third-order valence-corrected chi connectivity index (χ3v) is 6.05. The van der Waals surface area contributed by atoms with Crippen LogP contribution >= 0.6 is 23.4 Å². The van der Waals surface area contributed by atoms with E-state index in [-0.39, 0.29) is 24.3 Å². The second-order valence-corrected chi connectivity index (χ2v) is 8.90. The van der Waals surface area contributed by atoms with Crippen molar-refractivity contribution in [1.29, 1.82) is 0 Å². The summed E-state index contributed by atoms with van der Waals surface area (Å²) in [6.45, 7) is 2.33. The number of amides is 2. The van der Waals surface area contributed by atoms with E-state index in [1.54, 1.807) is 48.5 Å². The van der Waals surface area contributed by atoms with Gasteiger partial charge in [-0.25, -0.2) is 4.79 Å². The van der Waals surface area contributed by atoms with Crippen LogP contribution in [-0.2, 0) is 4.79 Å². The summed E-state index contributed by atoms with van der Waals surface area (Å²) in [5.74, 6) is 0.0547. The van der Waals surface area contributed by atoms with Crippen molar-refractivity contribution in [3.05, 3.63) is 99.4 Å². The molecular weight excluding hydrogens is 474 g/mol. The van der Waals surface area contributed by atoms with Gasteiger partial charge in [0.2, 0.25) is 0 Å². The van der Waals surface area contributed by atoms with Gasteiger partial charge in [-0.05, 0) is 72.8 Å². The number of thioether (sulfide) groups is 1. The Morgan fingerprint density at radius 3 is 2.53 bits per heavy atom. The summed E-state index contributed by atoms with van der Waals surface area (Å²) >= 11 is 6.79. The van der Waals surface area contributed by atoms with E-state index in [1.807, 2.05) is 31.2 Å². The molecule has 2 amide bonds. The maximum Gasteiger partial charge on any atom is 0.343 e. The summed E-state index contributed by atoms with van der Waals surface area (Å²) in [5.41, 5.74) is 2.07. The number of esters is 1. The van der Waals surface area contributed by atoms with Crippen LogP contribution < -0.4 is 9.47 Å². The molecule has 8 heteroatoms. The lowest BCUT2D eigenvalue weighted by molar-refractivity contribution is -0.123. The summed E-state index contributed by atoms with van der Waals surface area (Å²) in [7, 11) is 0. The van der Waals surface area contributed by atoms with Crippen molar-refractivity contribution in [3.8, 4) is 11.5 Å². The first-order valence-electron chi connectivity index (χ1n) is 10.4. The molecule has 0 aromatic heterocycles. The fourth-order valence-electron chi connectivity index (χ4n) is 3.18. The minimum absolute atomic E-state index is 0.146. The molecule has 6 nitrogen and oxygen atoms in total. The number of imide groups is 1. The monoisotopic (exact) mass is 493 g/mol. The van der Waals surface area contributed by atoms with Crippen molar-refractivity contribution in [1.82, 2.24) is 4.90 Å². The largest absolute Gasteiger partial charge is 0.492 e. The standard InChI is InChI=1S/C26H20ClNO5S/c1-17-8-10-21(11-9-17)32-13-12-28-24(29)23(34-26(28)31)15-18-4-2-7-22(14-18)33-25(30)19-5-3-6-20(27)16-19/h2-11,14-16H,12-13H2,1H3/b23-15-. The molecule has 1 fully saturated rings. The molecule has 0 aliphatic carbocycles. The van der Waals surface area contributed by atoms with E-state index in [0.29, 0.717) is 32.6 Å². The van der Waals surface area contributed by atoms with Gasteiger partial charge >= 0.3 is 5.97 Å². The summed E-state index contributed by atoms with van der Waals surface area (Å²) in [6, 6.07) is 20.7. The number of benzene rings is 3. The molecule has 1 saturated heterocycles. The van der Waals surface area contributed by atoms with Crippen molar-refractivity contribution >= 4 is 46.6 Å². The zero-order valence-electron chi connectivity index (χ0n) is 18.2. The number of hydrogen-bond donors (Lipinski definition) is 0. The van der Waals surface area contributed by atoms with E-state index in [2.05, 4.69) is 0 Å². The van der Waals surface area contributed by atoms with Gasteiger partial charge in [0.15, 0.2) is 0 Å². The van der Waals surface area contributed by atoms with Crippen LogP contribution in [0.4, 0.5) is 4.79 Å². The zero-order chi connectivity index (χ0) is 24.1. The van der Waals surface area contributed by atoms with Crippen molar-refractivity contribution in [2.24, 2.45) is 0 Å². The lowest BCUT2D eigenvalue weighted by Crippen LogP contribution is -2.32. The molecule has 172 valence electrons. The molecule has 4 rings (SSSR count). The zero-order valence-corrected chi connectivity index (χ0v) is 19.8. The van der Waals surface area contributed by atoms with Crippen LogP contribution in [0.15, 0.2) is 77.7 Å². The minimum atomic E-state index is -0.548. The fourth-order valence-corrected chi connectivity index (χ4v) is 4.24. The van der Waals surface area contributed by atoms with E-state index < -0.39 is 5.97 Å². The first-order chi connectivity index (χ1) is 16.4. The van der Waals surface area contributed by atoms with E-state index in [0.717, 1.165) is 22.2 Å². The third kappa shape index (κ3) is 5.87. The molecule has 0 unspecified atom stereocenters.